The first-order chi connectivity index (χ1) is 22.1. The van der Waals surface area contributed by atoms with Crippen LogP contribution in [0.2, 0.25) is 0 Å². The molecule has 4 N–H and O–H groups in total. The van der Waals surface area contributed by atoms with Gasteiger partial charge in [0.15, 0.2) is 0 Å². The lowest BCUT2D eigenvalue weighted by Gasteiger charge is -2.31. The average Bonchev–Trinajstić information content (AvgIpc) is 3.42. The predicted molar refractivity (Wildman–Crippen MR) is 186 cm³/mol. The first-order valence-corrected chi connectivity index (χ1v) is 16.4. The maximum absolute atomic E-state index is 13.7. The van der Waals surface area contributed by atoms with Crippen molar-refractivity contribution < 1.29 is 33.3 Å². The summed E-state index contributed by atoms with van der Waals surface area (Å²) in [5.74, 6) is -0.541. The Labute approximate surface area is 281 Å². The van der Waals surface area contributed by atoms with E-state index in [-0.39, 0.29) is 17.6 Å². The number of hydrogen-bond acceptors (Lipinski definition) is 6. The van der Waals surface area contributed by atoms with Crippen LogP contribution in [0.15, 0.2) is 77.7 Å². The van der Waals surface area contributed by atoms with E-state index in [2.05, 4.69) is 43.4 Å². The minimum atomic E-state index is -4.55. The molecule has 0 amide bonds. The summed E-state index contributed by atoms with van der Waals surface area (Å²) in [7, 11) is 2.74. The van der Waals surface area contributed by atoms with Gasteiger partial charge in [0.2, 0.25) is 0 Å². The van der Waals surface area contributed by atoms with Gasteiger partial charge in [0.1, 0.15) is 0 Å². The lowest BCUT2D eigenvalue weighted by Crippen LogP contribution is -2.46. The van der Waals surface area contributed by atoms with E-state index in [1.54, 1.807) is 30.4 Å². The van der Waals surface area contributed by atoms with Crippen molar-refractivity contribution in [1.29, 1.82) is 0 Å². The van der Waals surface area contributed by atoms with Gasteiger partial charge in [-0.05, 0) is 131 Å². The zero-order chi connectivity index (χ0) is 35.4. The van der Waals surface area contributed by atoms with E-state index in [1.165, 1.54) is 23.3 Å². The number of nitrogens with zero attached hydrogens (tertiary/aromatic N) is 1. The fourth-order valence-electron chi connectivity index (χ4n) is 5.63. The minimum absolute atomic E-state index is 0.106. The number of rotatable bonds is 11. The molecule has 1 unspecified atom stereocenters. The summed E-state index contributed by atoms with van der Waals surface area (Å²) in [6, 6.07) is 16.9. The van der Waals surface area contributed by atoms with Crippen molar-refractivity contribution in [1.82, 2.24) is 9.62 Å². The number of β-amino-alcohol motifs (C(OH)–C–C–N with tert-alkyl or cyclic N) is 1. The summed E-state index contributed by atoms with van der Waals surface area (Å²) in [4.78, 5) is 11.7. The van der Waals surface area contributed by atoms with Gasteiger partial charge >= 0.3 is 12.1 Å². The van der Waals surface area contributed by atoms with Crippen LogP contribution < -0.4 is 5.32 Å². The number of nitrogens with one attached hydrogen (secondary N) is 1. The number of carboxylic acids is 1. The van der Waals surface area contributed by atoms with Crippen molar-refractivity contribution in [3.05, 3.63) is 101 Å². The summed E-state index contributed by atoms with van der Waals surface area (Å²) in [5, 5.41) is 30.5. The highest BCUT2D eigenvalue weighted by Gasteiger charge is 2.32. The van der Waals surface area contributed by atoms with Crippen LogP contribution in [0.4, 0.5) is 13.2 Å². The first-order valence-electron chi connectivity index (χ1n) is 15.6. The van der Waals surface area contributed by atoms with Crippen LogP contribution in [0, 0.1) is 12.8 Å². The van der Waals surface area contributed by atoms with E-state index in [4.69, 9.17) is 5.11 Å². The summed E-state index contributed by atoms with van der Waals surface area (Å²) in [6.45, 7) is 10.5. The highest BCUT2D eigenvalue weighted by Crippen LogP contribution is 2.37. The molecule has 1 atom stereocenters. The Morgan fingerprint density at radius 1 is 1.00 bits per heavy atom. The van der Waals surface area contributed by atoms with Crippen molar-refractivity contribution in [2.75, 3.05) is 27.2 Å². The van der Waals surface area contributed by atoms with E-state index in [0.29, 0.717) is 34.0 Å². The first kappa shape index (κ1) is 40.0. The van der Waals surface area contributed by atoms with E-state index < -0.39 is 23.8 Å². The molecule has 1 aliphatic rings. The average molecular weight is 675 g/mol. The second kappa shape index (κ2) is 18.4. The van der Waals surface area contributed by atoms with Gasteiger partial charge in [-0.1, -0.05) is 48.6 Å². The molecule has 47 heavy (non-hydrogen) atoms. The number of fused-ring (bicyclic) bond motifs is 1. The number of carbonyl (C=O) groups is 1. The Morgan fingerprint density at radius 3 is 2.11 bits per heavy atom. The Bertz CT molecular complexity index is 1450. The predicted octanol–water partition coefficient (Wildman–Crippen LogP) is 8.04. The molecule has 3 aromatic rings. The molecule has 0 saturated heterocycles. The van der Waals surface area contributed by atoms with Gasteiger partial charge in [-0.25, -0.2) is 9.10 Å². The van der Waals surface area contributed by atoms with Crippen molar-refractivity contribution in [2.45, 2.75) is 76.6 Å². The van der Waals surface area contributed by atoms with Crippen molar-refractivity contribution in [2.24, 2.45) is 5.92 Å². The zero-order valence-corrected chi connectivity index (χ0v) is 29.2. The third-order valence-electron chi connectivity index (χ3n) is 7.84. The molecule has 258 valence electrons. The summed E-state index contributed by atoms with van der Waals surface area (Å²) < 4.78 is 43.0. The number of likely N-dealkylation sites (N-methyl/N-ethyl adjacent to an activating group) is 1. The fraction of sp³-hybridized carbons (Fsp3) is 0.432. The molecule has 0 bridgehead atoms. The zero-order valence-electron chi connectivity index (χ0n) is 28.4. The fourth-order valence-corrected chi connectivity index (χ4v) is 6.59. The number of carboxylic acid groups (broad SMARTS) is 1. The number of aryl methyl sites for hydroxylation is 1. The molecule has 0 aromatic heterocycles. The molecule has 0 radical (unpaired) electrons. The van der Waals surface area contributed by atoms with Crippen molar-refractivity contribution in [3.63, 3.8) is 0 Å². The Balaban J connectivity index is 0.00000119. The van der Waals surface area contributed by atoms with E-state index in [1.807, 2.05) is 26.0 Å². The Hall–Kier alpha value is -3.15. The number of halogens is 3. The molecule has 0 spiro atoms. The van der Waals surface area contributed by atoms with Gasteiger partial charge in [-0.3, -0.25) is 0 Å². The number of benzene rings is 3. The summed E-state index contributed by atoms with van der Waals surface area (Å²) in [5.41, 5.74) is 3.28. The number of aromatic carboxylic acids is 1. The molecular weight excluding hydrogens is 625 g/mol. The van der Waals surface area contributed by atoms with Crippen LogP contribution in [-0.4, -0.2) is 64.5 Å². The van der Waals surface area contributed by atoms with Gasteiger partial charge in [-0.15, -0.1) is 0 Å². The number of hydrogen-bond donors (Lipinski definition) is 4. The quantitative estimate of drug-likeness (QED) is 0.121. The SMILES string of the molecule is C/C=C\C.CO.Cc1cc(-c2cc(SN(C)CC(O)CNC(C)(C)CC3Cc4ccccc4C3)cc(C(F)(F)F)c2)ccc1C(=O)O. The van der Waals surface area contributed by atoms with Gasteiger partial charge in [0, 0.05) is 30.6 Å². The Morgan fingerprint density at radius 2 is 1.60 bits per heavy atom. The molecule has 0 fully saturated rings. The third kappa shape index (κ3) is 12.8. The number of allylic oxidation sites excluding steroid dienone is 2. The highest BCUT2D eigenvalue weighted by atomic mass is 32.2. The molecule has 4 rings (SSSR count). The highest BCUT2D eigenvalue weighted by molar-refractivity contribution is 7.97. The van der Waals surface area contributed by atoms with Gasteiger partial charge < -0.3 is 20.6 Å². The van der Waals surface area contributed by atoms with Crippen LogP contribution in [0.1, 0.15) is 66.7 Å². The lowest BCUT2D eigenvalue weighted by molar-refractivity contribution is -0.137. The number of aliphatic hydroxyl groups excluding tert-OH is 2. The summed E-state index contributed by atoms with van der Waals surface area (Å²) >= 11 is 1.13. The van der Waals surface area contributed by atoms with E-state index in [0.717, 1.165) is 50.5 Å². The van der Waals surface area contributed by atoms with Crippen LogP contribution >= 0.6 is 11.9 Å². The molecular formula is C37H49F3N2O4S. The lowest BCUT2D eigenvalue weighted by atomic mass is 9.88. The topological polar surface area (TPSA) is 93.0 Å². The van der Waals surface area contributed by atoms with Gasteiger partial charge in [0.25, 0.3) is 0 Å². The molecule has 0 heterocycles. The number of aliphatic hydroxyl groups is 2. The normalized spacial score (nSPS) is 13.9. The van der Waals surface area contributed by atoms with E-state index in [9.17, 15) is 28.2 Å². The summed E-state index contributed by atoms with van der Waals surface area (Å²) in [6.07, 6.45) is 1.83. The maximum atomic E-state index is 13.7. The standard InChI is InChI=1S/C32H37F3N2O3S.C4H8.CH4O/c1-20-11-24(9-10-29(20)30(39)40)25-14-26(32(33,34)35)16-28(15-25)41-37(4)19-27(38)18-36-31(2,3)17-21-12-22-7-5-6-8-23(22)13-21;1-3-4-2;1-2/h5-11,14-16,21,27,36,38H,12-13,17-19H2,1-4H3,(H,39,40);3-4H,1-2H3;2H,1H3/b;4-3-;. The van der Waals surface area contributed by atoms with Crippen LogP contribution in [0.25, 0.3) is 11.1 Å². The third-order valence-corrected chi connectivity index (χ3v) is 8.74. The van der Waals surface area contributed by atoms with Crippen molar-refractivity contribution in [3.8, 4) is 11.1 Å². The molecule has 0 saturated carbocycles. The molecule has 10 heteroatoms. The molecule has 1 aliphatic carbocycles. The minimum Gasteiger partial charge on any atom is -0.478 e. The number of alkyl halides is 3. The second-order valence-electron chi connectivity index (χ2n) is 12.3. The molecule has 3 aromatic carbocycles. The van der Waals surface area contributed by atoms with Crippen LogP contribution in [0.3, 0.4) is 0 Å². The van der Waals surface area contributed by atoms with Crippen molar-refractivity contribution >= 4 is 17.9 Å². The van der Waals surface area contributed by atoms with Crippen LogP contribution in [-0.2, 0) is 19.0 Å². The van der Waals surface area contributed by atoms with Gasteiger partial charge in [-0.2, -0.15) is 13.2 Å². The molecule has 0 aliphatic heterocycles. The monoisotopic (exact) mass is 674 g/mol. The maximum Gasteiger partial charge on any atom is 0.416 e. The smallest absolute Gasteiger partial charge is 0.416 e. The Kier molecular flexibility index (Phi) is 15.7. The molecule has 6 nitrogen and oxygen atoms in total. The van der Waals surface area contributed by atoms with E-state index >= 15 is 0 Å². The van der Waals surface area contributed by atoms with Crippen LogP contribution in [0.5, 0.6) is 0 Å². The second-order valence-corrected chi connectivity index (χ2v) is 13.6. The van der Waals surface area contributed by atoms with Gasteiger partial charge in [0.05, 0.1) is 17.2 Å². The largest absolute Gasteiger partial charge is 0.478 e.